The highest BCUT2D eigenvalue weighted by molar-refractivity contribution is 7.91. The molecule has 0 spiro atoms. The maximum Gasteiger partial charge on any atom is 0.269 e. The van der Waals surface area contributed by atoms with E-state index in [-0.39, 0.29) is 29.3 Å². The fourth-order valence-electron chi connectivity index (χ4n) is 3.79. The van der Waals surface area contributed by atoms with Gasteiger partial charge in [0.25, 0.3) is 5.69 Å². The van der Waals surface area contributed by atoms with Gasteiger partial charge in [0.05, 0.1) is 35.6 Å². The van der Waals surface area contributed by atoms with E-state index in [4.69, 9.17) is 17.0 Å². The van der Waals surface area contributed by atoms with Gasteiger partial charge in [-0.05, 0) is 48.6 Å². The minimum absolute atomic E-state index is 0.00726. The highest BCUT2D eigenvalue weighted by Gasteiger charge is 2.52. The first-order valence-electron chi connectivity index (χ1n) is 8.52. The Morgan fingerprint density at radius 2 is 1.46 bits per heavy atom. The summed E-state index contributed by atoms with van der Waals surface area (Å²) in [5, 5.41) is 11.4. The molecule has 2 atom stereocenters. The molecule has 2 aromatic carbocycles. The number of ether oxygens (including phenoxy) is 1. The van der Waals surface area contributed by atoms with Gasteiger partial charge in [0.1, 0.15) is 5.75 Å². The summed E-state index contributed by atoms with van der Waals surface area (Å²) in [5.74, 6) is 0.686. The summed E-state index contributed by atoms with van der Waals surface area (Å²) >= 11 is 5.69. The predicted octanol–water partition coefficient (Wildman–Crippen LogP) is 2.38. The van der Waals surface area contributed by atoms with Crippen molar-refractivity contribution in [3.63, 3.8) is 0 Å². The first-order chi connectivity index (χ1) is 13.3. The average molecular weight is 419 g/mol. The van der Waals surface area contributed by atoms with Gasteiger partial charge in [-0.3, -0.25) is 10.1 Å². The van der Waals surface area contributed by atoms with Gasteiger partial charge in [-0.15, -0.1) is 0 Å². The number of methoxy groups -OCH3 is 1. The number of anilines is 2. The van der Waals surface area contributed by atoms with Crippen molar-refractivity contribution in [1.29, 1.82) is 0 Å². The van der Waals surface area contributed by atoms with E-state index in [0.29, 0.717) is 16.5 Å². The second kappa shape index (κ2) is 6.71. The molecule has 0 amide bonds. The van der Waals surface area contributed by atoms with Crippen LogP contribution in [0, 0.1) is 10.1 Å². The highest BCUT2D eigenvalue weighted by Crippen LogP contribution is 2.38. The number of nitro groups is 1. The maximum atomic E-state index is 12.3. The van der Waals surface area contributed by atoms with Gasteiger partial charge in [0.2, 0.25) is 0 Å². The van der Waals surface area contributed by atoms with Crippen LogP contribution in [0.2, 0.25) is 0 Å². The molecule has 8 nitrogen and oxygen atoms in total. The van der Waals surface area contributed by atoms with Crippen LogP contribution in [-0.4, -0.2) is 49.2 Å². The zero-order valence-corrected chi connectivity index (χ0v) is 16.5. The summed E-state index contributed by atoms with van der Waals surface area (Å²) in [7, 11) is -1.65. The van der Waals surface area contributed by atoms with E-state index in [0.717, 1.165) is 5.69 Å². The van der Waals surface area contributed by atoms with Gasteiger partial charge in [-0.2, -0.15) is 0 Å². The van der Waals surface area contributed by atoms with Crippen LogP contribution in [0.15, 0.2) is 48.5 Å². The molecule has 28 heavy (non-hydrogen) atoms. The molecule has 0 unspecified atom stereocenters. The molecule has 4 rings (SSSR count). The zero-order valence-electron chi connectivity index (χ0n) is 14.9. The molecule has 146 valence electrons. The number of fused-ring (bicyclic) bond motifs is 1. The van der Waals surface area contributed by atoms with E-state index in [1.165, 1.54) is 12.1 Å². The topological polar surface area (TPSA) is 93.0 Å². The fraction of sp³-hybridized carbons (Fsp3) is 0.278. The lowest BCUT2D eigenvalue weighted by Crippen LogP contribution is -2.37. The third-order valence-corrected chi connectivity index (χ3v) is 7.15. The largest absolute Gasteiger partial charge is 0.497 e. The SMILES string of the molecule is COc1ccc(N2C(=S)N(c3ccc([N+](=O)[O-])cc3)[C@@H]3CS(=O)(=O)C[C@@H]32)cc1. The van der Waals surface area contributed by atoms with Crippen LogP contribution in [0.1, 0.15) is 0 Å². The molecule has 0 aliphatic carbocycles. The molecule has 2 aliphatic heterocycles. The molecule has 0 bridgehead atoms. The number of rotatable bonds is 4. The van der Waals surface area contributed by atoms with Gasteiger partial charge in [0.15, 0.2) is 14.9 Å². The van der Waals surface area contributed by atoms with Crippen LogP contribution in [0.4, 0.5) is 17.1 Å². The summed E-state index contributed by atoms with van der Waals surface area (Å²) in [6.45, 7) is 0. The summed E-state index contributed by atoms with van der Waals surface area (Å²) in [5.41, 5.74) is 1.39. The zero-order chi connectivity index (χ0) is 20.1. The summed E-state index contributed by atoms with van der Waals surface area (Å²) in [6, 6.07) is 12.6. The molecule has 0 radical (unpaired) electrons. The number of hydrogen-bond donors (Lipinski definition) is 0. The Morgan fingerprint density at radius 3 is 1.89 bits per heavy atom. The van der Waals surface area contributed by atoms with Gasteiger partial charge < -0.3 is 14.5 Å². The minimum Gasteiger partial charge on any atom is -0.497 e. The Balaban J connectivity index is 1.74. The molecule has 10 heteroatoms. The van der Waals surface area contributed by atoms with E-state index < -0.39 is 14.8 Å². The van der Waals surface area contributed by atoms with Gasteiger partial charge in [-0.25, -0.2) is 8.42 Å². The lowest BCUT2D eigenvalue weighted by molar-refractivity contribution is -0.384. The first kappa shape index (κ1) is 18.6. The monoisotopic (exact) mass is 419 g/mol. The molecular formula is C18H17N3O5S2. The van der Waals surface area contributed by atoms with Crippen molar-refractivity contribution in [2.24, 2.45) is 0 Å². The van der Waals surface area contributed by atoms with E-state index in [9.17, 15) is 18.5 Å². The van der Waals surface area contributed by atoms with E-state index in [2.05, 4.69) is 0 Å². The molecule has 0 N–H and O–H groups in total. The molecule has 2 aromatic rings. The van der Waals surface area contributed by atoms with E-state index in [1.54, 1.807) is 36.3 Å². The Morgan fingerprint density at radius 1 is 1.00 bits per heavy atom. The summed E-state index contributed by atoms with van der Waals surface area (Å²) in [6.07, 6.45) is 0. The molecule has 2 heterocycles. The van der Waals surface area contributed by atoms with Crippen LogP contribution in [-0.2, 0) is 9.84 Å². The third kappa shape index (κ3) is 3.08. The Bertz CT molecular complexity index is 1040. The van der Waals surface area contributed by atoms with Crippen molar-refractivity contribution in [1.82, 2.24) is 0 Å². The lowest BCUT2D eigenvalue weighted by atomic mass is 10.1. The number of benzene rings is 2. The third-order valence-electron chi connectivity index (χ3n) is 5.06. The van der Waals surface area contributed by atoms with Crippen molar-refractivity contribution < 1.29 is 18.1 Å². The van der Waals surface area contributed by atoms with Crippen molar-refractivity contribution in [2.75, 3.05) is 28.4 Å². The maximum absolute atomic E-state index is 12.3. The molecule has 2 aliphatic rings. The highest BCUT2D eigenvalue weighted by atomic mass is 32.2. The van der Waals surface area contributed by atoms with Crippen LogP contribution in [0.25, 0.3) is 0 Å². The molecule has 0 saturated carbocycles. The average Bonchev–Trinajstić information content (AvgIpc) is 3.10. The Hall–Kier alpha value is -2.72. The van der Waals surface area contributed by atoms with Crippen molar-refractivity contribution in [2.45, 2.75) is 12.1 Å². The molecule has 2 fully saturated rings. The number of nitrogens with zero attached hydrogens (tertiary/aromatic N) is 3. The molecular weight excluding hydrogens is 402 g/mol. The van der Waals surface area contributed by atoms with E-state index in [1.807, 2.05) is 17.0 Å². The first-order valence-corrected chi connectivity index (χ1v) is 10.7. The van der Waals surface area contributed by atoms with Crippen LogP contribution >= 0.6 is 12.2 Å². The smallest absolute Gasteiger partial charge is 0.269 e. The lowest BCUT2D eigenvalue weighted by Gasteiger charge is -2.25. The predicted molar refractivity (Wildman–Crippen MR) is 110 cm³/mol. The number of non-ortho nitro benzene ring substituents is 1. The number of thiocarbonyl (C=S) groups is 1. The van der Waals surface area contributed by atoms with Crippen LogP contribution in [0.3, 0.4) is 0 Å². The van der Waals surface area contributed by atoms with Crippen LogP contribution in [0.5, 0.6) is 5.75 Å². The number of nitro benzene ring substituents is 1. The Labute approximate surface area is 167 Å². The van der Waals surface area contributed by atoms with Crippen molar-refractivity contribution in [3.05, 3.63) is 58.6 Å². The van der Waals surface area contributed by atoms with E-state index >= 15 is 0 Å². The van der Waals surface area contributed by atoms with Crippen molar-refractivity contribution >= 4 is 44.2 Å². The van der Waals surface area contributed by atoms with Crippen LogP contribution < -0.4 is 14.5 Å². The van der Waals surface area contributed by atoms with Crippen molar-refractivity contribution in [3.8, 4) is 5.75 Å². The fourth-order valence-corrected chi connectivity index (χ4v) is 6.19. The molecule has 2 saturated heterocycles. The quantitative estimate of drug-likeness (QED) is 0.424. The standard InChI is InChI=1S/C18H17N3O5S2/c1-26-15-8-6-13(7-9-15)20-17-11-28(24,25)10-16(17)19(18(20)27)12-2-4-14(5-3-12)21(22)23/h2-9,16-17H,10-11H2,1H3/t16-,17+/m1/s1. The second-order valence-electron chi connectivity index (χ2n) is 6.71. The number of hydrogen-bond acceptors (Lipinski definition) is 6. The minimum atomic E-state index is -3.22. The van der Waals surface area contributed by atoms with Gasteiger partial charge in [0, 0.05) is 23.5 Å². The second-order valence-corrected chi connectivity index (χ2v) is 9.22. The normalized spacial score (nSPS) is 23.0. The summed E-state index contributed by atoms with van der Waals surface area (Å²) < 4.78 is 29.9. The molecule has 0 aromatic heterocycles. The van der Waals surface area contributed by atoms with Gasteiger partial charge in [-0.1, -0.05) is 0 Å². The summed E-state index contributed by atoms with van der Waals surface area (Å²) in [4.78, 5) is 14.1. The Kier molecular flexibility index (Phi) is 4.47. The van der Waals surface area contributed by atoms with Gasteiger partial charge >= 0.3 is 0 Å². The number of sulfone groups is 1.